The van der Waals surface area contributed by atoms with Gasteiger partial charge in [-0.25, -0.2) is 9.78 Å². The summed E-state index contributed by atoms with van der Waals surface area (Å²) in [5.41, 5.74) is 2.47. The zero-order valence-electron chi connectivity index (χ0n) is 14.8. The molecule has 0 saturated heterocycles. The highest BCUT2D eigenvalue weighted by Gasteiger charge is 2.20. The molecule has 130 valence electrons. The van der Waals surface area contributed by atoms with Gasteiger partial charge in [-0.2, -0.15) is 5.10 Å². The number of hydrogen-bond donors (Lipinski definition) is 2. The average Bonchev–Trinajstić information content (AvgIpc) is 2.95. The lowest BCUT2D eigenvalue weighted by molar-refractivity contribution is 0.250. The molecule has 1 atom stereocenters. The maximum absolute atomic E-state index is 12.2. The van der Waals surface area contributed by atoms with Crippen molar-refractivity contribution in [1.82, 2.24) is 20.1 Å². The predicted octanol–water partition coefficient (Wildman–Crippen LogP) is 2.69. The van der Waals surface area contributed by atoms with E-state index in [0.29, 0.717) is 29.7 Å². The number of ether oxygens (including phenoxy) is 1. The highest BCUT2D eigenvalue weighted by atomic mass is 16.5. The fourth-order valence-electron chi connectivity index (χ4n) is 2.58. The van der Waals surface area contributed by atoms with Crippen molar-refractivity contribution in [1.29, 1.82) is 0 Å². The van der Waals surface area contributed by atoms with Gasteiger partial charge in [0.25, 0.3) is 0 Å². The molecule has 2 aromatic rings. The third kappa shape index (κ3) is 4.24. The summed E-state index contributed by atoms with van der Waals surface area (Å²) in [5.74, 6) is 1.10. The van der Waals surface area contributed by atoms with Gasteiger partial charge < -0.3 is 15.4 Å². The van der Waals surface area contributed by atoms with Crippen molar-refractivity contribution in [3.8, 4) is 5.88 Å². The van der Waals surface area contributed by atoms with Gasteiger partial charge in [0.1, 0.15) is 0 Å². The first-order chi connectivity index (χ1) is 11.4. The summed E-state index contributed by atoms with van der Waals surface area (Å²) in [7, 11) is 3.48. The standard InChI is InChI=1S/C17H25N5O2/c1-11(2)13(15-8-9-19-22(15)4)10-18-17(23)21-14-6-7-16(24-5)20-12(14)3/h6-9,11,13H,10H2,1-5H3,(H2,18,21,23). The Morgan fingerprint density at radius 2 is 2.08 bits per heavy atom. The van der Waals surface area contributed by atoms with Crippen LogP contribution in [0.15, 0.2) is 24.4 Å². The normalized spacial score (nSPS) is 12.1. The minimum absolute atomic E-state index is 0.193. The van der Waals surface area contributed by atoms with E-state index in [-0.39, 0.29) is 11.9 Å². The summed E-state index contributed by atoms with van der Waals surface area (Å²) in [6.45, 7) is 6.62. The van der Waals surface area contributed by atoms with Crippen LogP contribution >= 0.6 is 0 Å². The van der Waals surface area contributed by atoms with E-state index < -0.39 is 0 Å². The smallest absolute Gasteiger partial charge is 0.319 e. The van der Waals surface area contributed by atoms with Gasteiger partial charge >= 0.3 is 6.03 Å². The molecule has 2 aromatic heterocycles. The third-order valence-electron chi connectivity index (χ3n) is 4.04. The van der Waals surface area contributed by atoms with E-state index in [4.69, 9.17) is 4.74 Å². The summed E-state index contributed by atoms with van der Waals surface area (Å²) < 4.78 is 6.91. The number of amides is 2. The number of aryl methyl sites for hydroxylation is 2. The lowest BCUT2D eigenvalue weighted by Crippen LogP contribution is -2.34. The summed E-state index contributed by atoms with van der Waals surface area (Å²) in [6.07, 6.45) is 1.77. The number of nitrogens with one attached hydrogen (secondary N) is 2. The first kappa shape index (κ1) is 17.8. The van der Waals surface area contributed by atoms with Gasteiger partial charge in [0.05, 0.1) is 18.5 Å². The van der Waals surface area contributed by atoms with Crippen LogP contribution in [0, 0.1) is 12.8 Å². The van der Waals surface area contributed by atoms with Gasteiger partial charge in [-0.3, -0.25) is 4.68 Å². The molecule has 0 radical (unpaired) electrons. The van der Waals surface area contributed by atoms with Gasteiger partial charge in [0.15, 0.2) is 0 Å². The Labute approximate surface area is 142 Å². The molecule has 7 heteroatoms. The molecule has 7 nitrogen and oxygen atoms in total. The van der Waals surface area contributed by atoms with Crippen molar-refractivity contribution >= 4 is 11.7 Å². The fourth-order valence-corrected chi connectivity index (χ4v) is 2.58. The molecule has 2 N–H and O–H groups in total. The van der Waals surface area contributed by atoms with Crippen molar-refractivity contribution < 1.29 is 9.53 Å². The second-order valence-electron chi connectivity index (χ2n) is 6.05. The van der Waals surface area contributed by atoms with Crippen LogP contribution in [0.5, 0.6) is 5.88 Å². The number of carbonyl (C=O) groups excluding carboxylic acids is 1. The molecule has 0 spiro atoms. The molecule has 0 saturated carbocycles. The first-order valence-corrected chi connectivity index (χ1v) is 7.96. The van der Waals surface area contributed by atoms with Gasteiger partial charge in [-0.15, -0.1) is 0 Å². The maximum Gasteiger partial charge on any atom is 0.319 e. The Balaban J connectivity index is 1.98. The minimum atomic E-state index is -0.252. The Kier molecular flexibility index (Phi) is 5.78. The Morgan fingerprint density at radius 1 is 1.33 bits per heavy atom. The molecule has 1 unspecified atom stereocenters. The summed E-state index contributed by atoms with van der Waals surface area (Å²) >= 11 is 0. The van der Waals surface area contributed by atoms with Crippen molar-refractivity contribution in [2.45, 2.75) is 26.7 Å². The third-order valence-corrected chi connectivity index (χ3v) is 4.04. The quantitative estimate of drug-likeness (QED) is 0.853. The molecule has 24 heavy (non-hydrogen) atoms. The SMILES string of the molecule is COc1ccc(NC(=O)NCC(c2ccnn2C)C(C)C)c(C)n1. The fraction of sp³-hybridized carbons (Fsp3) is 0.471. The molecular weight excluding hydrogens is 306 g/mol. The number of rotatable bonds is 6. The van der Waals surface area contributed by atoms with E-state index in [1.54, 1.807) is 25.4 Å². The molecule has 2 rings (SSSR count). The highest BCUT2D eigenvalue weighted by Crippen LogP contribution is 2.23. The zero-order chi connectivity index (χ0) is 17.7. The first-order valence-electron chi connectivity index (χ1n) is 7.96. The number of hydrogen-bond acceptors (Lipinski definition) is 4. The van der Waals surface area contributed by atoms with Gasteiger partial charge in [0.2, 0.25) is 5.88 Å². The van der Waals surface area contributed by atoms with Crippen molar-refractivity contribution in [3.63, 3.8) is 0 Å². The monoisotopic (exact) mass is 331 g/mol. The van der Waals surface area contributed by atoms with Crippen LogP contribution in [0.25, 0.3) is 0 Å². The van der Waals surface area contributed by atoms with Gasteiger partial charge in [-0.1, -0.05) is 13.8 Å². The van der Waals surface area contributed by atoms with E-state index >= 15 is 0 Å². The molecular formula is C17H25N5O2. The van der Waals surface area contributed by atoms with Crippen LogP contribution in [0.2, 0.25) is 0 Å². The molecule has 0 bridgehead atoms. The lowest BCUT2D eigenvalue weighted by atomic mass is 9.92. The van der Waals surface area contributed by atoms with Crippen LogP contribution in [-0.4, -0.2) is 34.5 Å². The maximum atomic E-state index is 12.2. The van der Waals surface area contributed by atoms with Crippen LogP contribution in [0.1, 0.15) is 31.2 Å². The van der Waals surface area contributed by atoms with Crippen molar-refractivity contribution in [3.05, 3.63) is 35.8 Å². The molecule has 0 aliphatic carbocycles. The molecule has 2 heterocycles. The van der Waals surface area contributed by atoms with Gasteiger partial charge in [-0.05, 0) is 25.0 Å². The number of aromatic nitrogens is 3. The largest absolute Gasteiger partial charge is 0.481 e. The van der Waals surface area contributed by atoms with Crippen molar-refractivity contribution in [2.75, 3.05) is 19.0 Å². The summed E-state index contributed by atoms with van der Waals surface area (Å²) in [4.78, 5) is 16.4. The number of anilines is 1. The van der Waals surface area contributed by atoms with Crippen LogP contribution in [0.4, 0.5) is 10.5 Å². The minimum Gasteiger partial charge on any atom is -0.481 e. The van der Waals surface area contributed by atoms with E-state index in [2.05, 4.69) is 34.6 Å². The van der Waals surface area contributed by atoms with Crippen molar-refractivity contribution in [2.24, 2.45) is 13.0 Å². The topological polar surface area (TPSA) is 81.1 Å². The van der Waals surface area contributed by atoms with E-state index in [9.17, 15) is 4.79 Å². The molecule has 2 amide bonds. The number of carbonyl (C=O) groups is 1. The second kappa shape index (κ2) is 7.81. The lowest BCUT2D eigenvalue weighted by Gasteiger charge is -2.22. The number of methoxy groups -OCH3 is 1. The Hall–Kier alpha value is -2.57. The Morgan fingerprint density at radius 3 is 2.62 bits per heavy atom. The molecule has 0 aromatic carbocycles. The van der Waals surface area contributed by atoms with E-state index in [1.807, 2.05) is 24.7 Å². The van der Waals surface area contributed by atoms with E-state index in [0.717, 1.165) is 5.69 Å². The van der Waals surface area contributed by atoms with E-state index in [1.165, 1.54) is 0 Å². The average molecular weight is 331 g/mol. The van der Waals surface area contributed by atoms with Crippen LogP contribution in [0.3, 0.4) is 0 Å². The highest BCUT2D eigenvalue weighted by molar-refractivity contribution is 5.89. The van der Waals surface area contributed by atoms with Gasteiger partial charge in [0, 0.05) is 37.5 Å². The number of nitrogens with zero attached hydrogens (tertiary/aromatic N) is 3. The molecule has 0 fully saturated rings. The predicted molar refractivity (Wildman–Crippen MR) is 93.3 cm³/mol. The molecule has 0 aliphatic rings. The second-order valence-corrected chi connectivity index (χ2v) is 6.05. The van der Waals surface area contributed by atoms with Crippen LogP contribution in [-0.2, 0) is 7.05 Å². The zero-order valence-corrected chi connectivity index (χ0v) is 14.8. The number of pyridine rings is 1. The van der Waals surface area contributed by atoms with Crippen LogP contribution < -0.4 is 15.4 Å². The summed E-state index contributed by atoms with van der Waals surface area (Å²) in [6, 6.07) is 5.23. The summed E-state index contributed by atoms with van der Waals surface area (Å²) in [5, 5.41) is 9.97. The Bertz CT molecular complexity index is 696. The molecule has 0 aliphatic heterocycles. The number of urea groups is 1.